The van der Waals surface area contributed by atoms with E-state index in [1.54, 1.807) is 11.3 Å². The summed E-state index contributed by atoms with van der Waals surface area (Å²) in [4.78, 5) is 19.4. The molecule has 3 heterocycles. The van der Waals surface area contributed by atoms with E-state index in [4.69, 9.17) is 0 Å². The van der Waals surface area contributed by atoms with Gasteiger partial charge in [-0.05, 0) is 32.3 Å². The number of thiazole rings is 1. The van der Waals surface area contributed by atoms with E-state index in [9.17, 15) is 4.79 Å². The smallest absolute Gasteiger partial charge is 0.272 e. The van der Waals surface area contributed by atoms with Crippen molar-refractivity contribution in [3.05, 3.63) is 58.2 Å². The molecule has 6 heteroatoms. The highest BCUT2D eigenvalue weighted by atomic mass is 32.1. The number of benzene rings is 1. The van der Waals surface area contributed by atoms with Gasteiger partial charge in [0.25, 0.3) is 5.91 Å². The SMILES string of the molecule is Cc1ccc(-c2cc(C(=O)N3CCCCC3c3nccs3)[nH]n2)cc1. The number of H-pyrrole nitrogens is 1. The first-order valence-corrected chi connectivity index (χ1v) is 9.43. The molecular formula is C19H20N4OS. The molecule has 0 radical (unpaired) electrons. The number of likely N-dealkylation sites (tertiary alicyclic amines) is 1. The minimum Gasteiger partial charge on any atom is -0.328 e. The van der Waals surface area contributed by atoms with Gasteiger partial charge in [-0.3, -0.25) is 9.89 Å². The number of carbonyl (C=O) groups is 1. The number of amides is 1. The minimum absolute atomic E-state index is 0.00533. The van der Waals surface area contributed by atoms with Crippen LogP contribution in [0.25, 0.3) is 11.3 Å². The third-order valence-corrected chi connectivity index (χ3v) is 5.53. The summed E-state index contributed by atoms with van der Waals surface area (Å²) in [6.07, 6.45) is 4.94. The average Bonchev–Trinajstić information content (AvgIpc) is 3.34. The van der Waals surface area contributed by atoms with Crippen LogP contribution in [0.1, 0.15) is 46.4 Å². The highest BCUT2D eigenvalue weighted by Crippen LogP contribution is 2.33. The number of piperidine rings is 1. The van der Waals surface area contributed by atoms with Gasteiger partial charge in [0.2, 0.25) is 0 Å². The Bertz CT molecular complexity index is 854. The Balaban J connectivity index is 1.58. The van der Waals surface area contributed by atoms with Crippen LogP contribution in [0.5, 0.6) is 0 Å². The number of carbonyl (C=O) groups excluding carboxylic acids is 1. The third kappa shape index (κ3) is 3.22. The van der Waals surface area contributed by atoms with Crippen LogP contribution in [0, 0.1) is 6.92 Å². The second-order valence-corrected chi connectivity index (χ2v) is 7.34. The van der Waals surface area contributed by atoms with E-state index in [2.05, 4.69) is 34.2 Å². The summed E-state index contributed by atoms with van der Waals surface area (Å²) in [5.41, 5.74) is 3.55. The summed E-state index contributed by atoms with van der Waals surface area (Å²) in [5.74, 6) is 0.00533. The van der Waals surface area contributed by atoms with Crippen LogP contribution in [-0.2, 0) is 0 Å². The Kier molecular flexibility index (Phi) is 4.36. The van der Waals surface area contributed by atoms with Gasteiger partial charge in [0, 0.05) is 23.7 Å². The van der Waals surface area contributed by atoms with Crippen LogP contribution in [-0.4, -0.2) is 32.5 Å². The van der Waals surface area contributed by atoms with E-state index in [0.29, 0.717) is 5.69 Å². The lowest BCUT2D eigenvalue weighted by Crippen LogP contribution is -2.38. The van der Waals surface area contributed by atoms with Gasteiger partial charge < -0.3 is 4.90 Å². The Labute approximate surface area is 150 Å². The monoisotopic (exact) mass is 352 g/mol. The number of hydrogen-bond donors (Lipinski definition) is 1. The Morgan fingerprint density at radius 2 is 2.12 bits per heavy atom. The van der Waals surface area contributed by atoms with E-state index in [1.165, 1.54) is 5.56 Å². The van der Waals surface area contributed by atoms with Crippen LogP contribution in [0.15, 0.2) is 41.9 Å². The van der Waals surface area contributed by atoms with Crippen molar-refractivity contribution in [3.63, 3.8) is 0 Å². The van der Waals surface area contributed by atoms with Crippen molar-refractivity contribution in [2.24, 2.45) is 0 Å². The molecule has 5 nitrogen and oxygen atoms in total. The second-order valence-electron chi connectivity index (χ2n) is 6.41. The third-order valence-electron chi connectivity index (χ3n) is 4.66. The summed E-state index contributed by atoms with van der Waals surface area (Å²) in [7, 11) is 0. The zero-order chi connectivity index (χ0) is 17.2. The minimum atomic E-state index is 0.00533. The van der Waals surface area contributed by atoms with Crippen molar-refractivity contribution in [3.8, 4) is 11.3 Å². The van der Waals surface area contributed by atoms with Gasteiger partial charge in [0.1, 0.15) is 10.7 Å². The van der Waals surface area contributed by atoms with Crippen molar-refractivity contribution in [1.82, 2.24) is 20.1 Å². The lowest BCUT2D eigenvalue weighted by molar-refractivity contribution is 0.0605. The molecule has 1 aliphatic rings. The lowest BCUT2D eigenvalue weighted by Gasteiger charge is -2.34. The molecular weight excluding hydrogens is 332 g/mol. The van der Waals surface area contributed by atoms with Crippen LogP contribution in [0.3, 0.4) is 0 Å². The summed E-state index contributed by atoms with van der Waals surface area (Å²) >= 11 is 1.62. The molecule has 0 bridgehead atoms. The molecule has 0 aliphatic carbocycles. The molecule has 1 N–H and O–H groups in total. The molecule has 1 amide bonds. The second kappa shape index (κ2) is 6.80. The first kappa shape index (κ1) is 16.0. The predicted molar refractivity (Wildman–Crippen MR) is 98.5 cm³/mol. The summed E-state index contributed by atoms with van der Waals surface area (Å²) in [5, 5.41) is 10.2. The van der Waals surface area contributed by atoms with E-state index >= 15 is 0 Å². The molecule has 1 aliphatic heterocycles. The first-order valence-electron chi connectivity index (χ1n) is 8.55. The Hall–Kier alpha value is -2.47. The van der Waals surface area contributed by atoms with Crippen LogP contribution in [0.2, 0.25) is 0 Å². The maximum absolute atomic E-state index is 13.0. The van der Waals surface area contributed by atoms with Gasteiger partial charge in [-0.15, -0.1) is 11.3 Å². The number of aromatic nitrogens is 3. The van der Waals surface area contributed by atoms with Crippen molar-refractivity contribution in [1.29, 1.82) is 0 Å². The van der Waals surface area contributed by atoms with Gasteiger partial charge in [-0.2, -0.15) is 5.10 Å². The van der Waals surface area contributed by atoms with E-state index in [-0.39, 0.29) is 11.9 Å². The van der Waals surface area contributed by atoms with Gasteiger partial charge in [0.05, 0.1) is 11.7 Å². The van der Waals surface area contributed by atoms with E-state index in [1.807, 2.05) is 34.7 Å². The van der Waals surface area contributed by atoms with Gasteiger partial charge in [-0.25, -0.2) is 4.98 Å². The predicted octanol–water partition coefficient (Wildman–Crippen LogP) is 4.21. The molecule has 25 heavy (non-hydrogen) atoms. The fourth-order valence-corrected chi connectivity index (χ4v) is 4.07. The fraction of sp³-hybridized carbons (Fsp3) is 0.316. The number of nitrogens with zero attached hydrogens (tertiary/aromatic N) is 3. The average molecular weight is 352 g/mol. The molecule has 128 valence electrons. The Morgan fingerprint density at radius 1 is 1.28 bits per heavy atom. The molecule has 4 rings (SSSR count). The fourth-order valence-electron chi connectivity index (χ4n) is 3.29. The van der Waals surface area contributed by atoms with Gasteiger partial charge in [0.15, 0.2) is 0 Å². The van der Waals surface area contributed by atoms with E-state index < -0.39 is 0 Å². The molecule has 0 saturated carbocycles. The summed E-state index contributed by atoms with van der Waals surface area (Å²) in [6.45, 7) is 2.82. The molecule has 1 atom stereocenters. The molecule has 0 spiro atoms. The highest BCUT2D eigenvalue weighted by Gasteiger charge is 2.31. The standard InChI is InChI=1S/C19H20N4OS/c1-13-5-7-14(8-6-13)15-12-16(22-21-15)19(24)23-10-3-2-4-17(23)18-20-9-11-25-18/h5-9,11-12,17H,2-4,10H2,1H3,(H,21,22). The normalized spacial score (nSPS) is 17.6. The van der Waals surface area contributed by atoms with Gasteiger partial charge >= 0.3 is 0 Å². The van der Waals surface area contributed by atoms with Gasteiger partial charge in [-0.1, -0.05) is 29.8 Å². The molecule has 2 aromatic heterocycles. The summed E-state index contributed by atoms with van der Waals surface area (Å²) < 4.78 is 0. The lowest BCUT2D eigenvalue weighted by atomic mass is 10.0. The van der Waals surface area contributed by atoms with Crippen LogP contribution in [0.4, 0.5) is 0 Å². The number of aryl methyl sites for hydroxylation is 1. The van der Waals surface area contributed by atoms with Crippen molar-refractivity contribution in [2.75, 3.05) is 6.54 Å². The molecule has 1 unspecified atom stereocenters. The zero-order valence-electron chi connectivity index (χ0n) is 14.1. The maximum Gasteiger partial charge on any atom is 0.272 e. The maximum atomic E-state index is 13.0. The number of rotatable bonds is 3. The zero-order valence-corrected chi connectivity index (χ0v) is 14.9. The molecule has 3 aromatic rings. The first-order chi connectivity index (χ1) is 12.2. The van der Waals surface area contributed by atoms with Crippen molar-refractivity contribution >= 4 is 17.2 Å². The number of hydrogen-bond acceptors (Lipinski definition) is 4. The van der Waals surface area contributed by atoms with Crippen LogP contribution < -0.4 is 0 Å². The highest BCUT2D eigenvalue weighted by molar-refractivity contribution is 7.09. The number of nitrogens with one attached hydrogen (secondary N) is 1. The van der Waals surface area contributed by atoms with Crippen LogP contribution >= 0.6 is 11.3 Å². The van der Waals surface area contributed by atoms with Crippen molar-refractivity contribution in [2.45, 2.75) is 32.2 Å². The quantitative estimate of drug-likeness (QED) is 0.768. The molecule has 1 aromatic carbocycles. The largest absolute Gasteiger partial charge is 0.328 e. The molecule has 1 saturated heterocycles. The molecule has 1 fully saturated rings. The topological polar surface area (TPSA) is 61.9 Å². The number of aromatic amines is 1. The van der Waals surface area contributed by atoms with E-state index in [0.717, 1.165) is 42.1 Å². The Morgan fingerprint density at radius 3 is 2.88 bits per heavy atom. The summed E-state index contributed by atoms with van der Waals surface area (Å²) in [6, 6.07) is 10.1. The van der Waals surface area contributed by atoms with Crippen molar-refractivity contribution < 1.29 is 4.79 Å².